The van der Waals surface area contributed by atoms with Gasteiger partial charge >= 0.3 is 0 Å². The van der Waals surface area contributed by atoms with Gasteiger partial charge in [0.05, 0.1) is 10.8 Å². The number of benzene rings is 2. The number of anilines is 2. The van der Waals surface area contributed by atoms with E-state index in [9.17, 15) is 13.2 Å². The molecule has 1 heterocycles. The second kappa shape index (κ2) is 8.00. The zero-order valence-electron chi connectivity index (χ0n) is 15.6. The molecule has 1 amide bonds. The van der Waals surface area contributed by atoms with E-state index in [4.69, 9.17) is 0 Å². The van der Waals surface area contributed by atoms with E-state index in [2.05, 4.69) is 26.1 Å². The molecule has 0 radical (unpaired) electrons. The lowest BCUT2D eigenvalue weighted by Gasteiger charge is -2.24. The summed E-state index contributed by atoms with van der Waals surface area (Å²) in [5.41, 5.74) is 2.84. The smallest absolute Gasteiger partial charge is 0.264 e. The number of rotatable bonds is 5. The van der Waals surface area contributed by atoms with Crippen LogP contribution in [-0.4, -0.2) is 24.3 Å². The molecule has 29 heavy (non-hydrogen) atoms. The average Bonchev–Trinajstić information content (AvgIpc) is 2.74. The molecule has 0 saturated carbocycles. The summed E-state index contributed by atoms with van der Waals surface area (Å²) in [5.74, 6) is -0.273. The van der Waals surface area contributed by atoms with E-state index in [1.807, 2.05) is 18.2 Å². The molecule has 0 bridgehead atoms. The Kier molecular flexibility index (Phi) is 5.26. The zero-order chi connectivity index (χ0) is 20.3. The minimum atomic E-state index is -3.81. The molecule has 0 saturated heterocycles. The van der Waals surface area contributed by atoms with Crippen molar-refractivity contribution in [1.29, 1.82) is 0 Å². The molecule has 1 unspecified atom stereocenters. The Morgan fingerprint density at radius 3 is 2.45 bits per heavy atom. The highest BCUT2D eigenvalue weighted by molar-refractivity contribution is 7.92. The van der Waals surface area contributed by atoms with Gasteiger partial charge in [-0.05, 0) is 60.7 Å². The lowest BCUT2D eigenvalue weighted by atomic mass is 9.82. The summed E-state index contributed by atoms with van der Waals surface area (Å²) < 4.78 is 27.2. The topological polar surface area (TPSA) is 101 Å². The van der Waals surface area contributed by atoms with Gasteiger partial charge in [0.1, 0.15) is 0 Å². The summed E-state index contributed by atoms with van der Waals surface area (Å²) in [6, 6.07) is 15.6. The number of nitrogens with zero attached hydrogens (tertiary/aromatic N) is 2. The van der Waals surface area contributed by atoms with Gasteiger partial charge in [-0.3, -0.25) is 4.79 Å². The molecule has 0 fully saturated rings. The van der Waals surface area contributed by atoms with Gasteiger partial charge in [0.15, 0.2) is 0 Å². The predicted molar refractivity (Wildman–Crippen MR) is 110 cm³/mol. The number of carbonyl (C=O) groups excluding carboxylic acids is 1. The van der Waals surface area contributed by atoms with E-state index < -0.39 is 10.0 Å². The molecule has 1 aromatic heterocycles. The van der Waals surface area contributed by atoms with E-state index in [0.717, 1.165) is 24.8 Å². The van der Waals surface area contributed by atoms with Crippen molar-refractivity contribution in [3.63, 3.8) is 0 Å². The summed E-state index contributed by atoms with van der Waals surface area (Å²) in [4.78, 5) is 20.6. The number of carbonyl (C=O) groups is 1. The highest BCUT2D eigenvalue weighted by atomic mass is 32.2. The van der Waals surface area contributed by atoms with Gasteiger partial charge in [0, 0.05) is 18.1 Å². The van der Waals surface area contributed by atoms with Crippen LogP contribution >= 0.6 is 0 Å². The van der Waals surface area contributed by atoms with Crippen LogP contribution in [0.2, 0.25) is 0 Å². The molecule has 2 aromatic carbocycles. The van der Waals surface area contributed by atoms with Gasteiger partial charge in [0.2, 0.25) is 11.9 Å². The Hall–Kier alpha value is -3.26. The number of aromatic nitrogens is 2. The molecule has 0 aliphatic heterocycles. The summed E-state index contributed by atoms with van der Waals surface area (Å²) >= 11 is 0. The van der Waals surface area contributed by atoms with E-state index in [0.29, 0.717) is 5.69 Å². The number of sulfonamides is 1. The van der Waals surface area contributed by atoms with Crippen LogP contribution in [0.4, 0.5) is 11.6 Å². The van der Waals surface area contributed by atoms with Crippen LogP contribution in [-0.2, 0) is 21.2 Å². The van der Waals surface area contributed by atoms with Crippen LogP contribution in [0.1, 0.15) is 29.9 Å². The van der Waals surface area contributed by atoms with Gasteiger partial charge in [0.25, 0.3) is 10.0 Å². The van der Waals surface area contributed by atoms with Crippen molar-refractivity contribution in [1.82, 2.24) is 9.97 Å². The number of hydrogen-bond donors (Lipinski definition) is 2. The van der Waals surface area contributed by atoms with Crippen molar-refractivity contribution >= 4 is 27.6 Å². The normalized spacial score (nSPS) is 15.9. The van der Waals surface area contributed by atoms with Gasteiger partial charge in [-0.25, -0.2) is 23.1 Å². The zero-order valence-corrected chi connectivity index (χ0v) is 16.4. The first-order valence-electron chi connectivity index (χ1n) is 9.31. The summed E-state index contributed by atoms with van der Waals surface area (Å²) in [6.45, 7) is 0. The molecule has 7 nitrogen and oxygen atoms in total. The third kappa shape index (κ3) is 4.27. The molecule has 0 spiro atoms. The maximum absolute atomic E-state index is 12.8. The summed E-state index contributed by atoms with van der Waals surface area (Å²) in [5, 5.41) is 2.90. The number of aryl methyl sites for hydroxylation is 1. The molecule has 1 aliphatic rings. The third-order valence-electron chi connectivity index (χ3n) is 4.91. The van der Waals surface area contributed by atoms with E-state index in [-0.39, 0.29) is 22.7 Å². The van der Waals surface area contributed by atoms with Crippen LogP contribution in [0.15, 0.2) is 71.9 Å². The van der Waals surface area contributed by atoms with Crippen molar-refractivity contribution < 1.29 is 13.2 Å². The van der Waals surface area contributed by atoms with Crippen LogP contribution in [0, 0.1) is 0 Å². The SMILES string of the molecule is O=C(Nc1ccc(S(=O)(=O)Nc2ncccn2)cc1)C1CCCc2ccccc21. The highest BCUT2D eigenvalue weighted by Gasteiger charge is 2.26. The second-order valence-corrected chi connectivity index (χ2v) is 8.52. The number of amides is 1. The fraction of sp³-hybridized carbons (Fsp3) is 0.190. The summed E-state index contributed by atoms with van der Waals surface area (Å²) in [6.07, 6.45) is 5.67. The quantitative estimate of drug-likeness (QED) is 0.674. The Balaban J connectivity index is 1.47. The maximum atomic E-state index is 12.8. The Bertz CT molecular complexity index is 1120. The van der Waals surface area contributed by atoms with E-state index in [1.54, 1.807) is 18.2 Å². The summed E-state index contributed by atoms with van der Waals surface area (Å²) in [7, 11) is -3.81. The number of fused-ring (bicyclic) bond motifs is 1. The molecular weight excluding hydrogens is 388 g/mol. The second-order valence-electron chi connectivity index (χ2n) is 6.84. The molecule has 3 aromatic rings. The van der Waals surface area contributed by atoms with Gasteiger partial charge in [-0.2, -0.15) is 0 Å². The average molecular weight is 408 g/mol. The monoisotopic (exact) mass is 408 g/mol. The lowest BCUT2D eigenvalue weighted by Crippen LogP contribution is -2.24. The highest BCUT2D eigenvalue weighted by Crippen LogP contribution is 2.32. The first-order chi connectivity index (χ1) is 14.0. The van der Waals surface area contributed by atoms with Crippen LogP contribution in [0.5, 0.6) is 0 Å². The Morgan fingerprint density at radius 2 is 1.69 bits per heavy atom. The van der Waals surface area contributed by atoms with Crippen molar-refractivity contribution in [2.75, 3.05) is 10.0 Å². The third-order valence-corrected chi connectivity index (χ3v) is 6.25. The Labute approximate surface area is 169 Å². The van der Waals surface area contributed by atoms with Crippen molar-refractivity contribution in [2.24, 2.45) is 0 Å². The first kappa shape index (κ1) is 19.1. The van der Waals surface area contributed by atoms with Gasteiger partial charge in [-0.1, -0.05) is 24.3 Å². The fourth-order valence-electron chi connectivity index (χ4n) is 3.50. The molecule has 148 valence electrons. The molecule has 2 N–H and O–H groups in total. The predicted octanol–water partition coefficient (Wildman–Crippen LogP) is 3.34. The lowest BCUT2D eigenvalue weighted by molar-refractivity contribution is -0.117. The van der Waals surface area contributed by atoms with Crippen molar-refractivity contribution in [3.8, 4) is 0 Å². The number of hydrogen-bond acceptors (Lipinski definition) is 5. The van der Waals surface area contributed by atoms with Crippen molar-refractivity contribution in [2.45, 2.75) is 30.1 Å². The molecule has 1 atom stereocenters. The maximum Gasteiger partial charge on any atom is 0.264 e. The largest absolute Gasteiger partial charge is 0.326 e. The van der Waals surface area contributed by atoms with E-state index >= 15 is 0 Å². The van der Waals surface area contributed by atoms with Gasteiger partial charge in [-0.15, -0.1) is 0 Å². The minimum absolute atomic E-state index is 0.000781. The molecular formula is C21H20N4O3S. The molecule has 8 heteroatoms. The number of nitrogens with one attached hydrogen (secondary N) is 2. The molecule has 4 rings (SSSR count). The first-order valence-corrected chi connectivity index (χ1v) is 10.8. The van der Waals surface area contributed by atoms with Crippen LogP contribution in [0.3, 0.4) is 0 Å². The Morgan fingerprint density at radius 1 is 0.966 bits per heavy atom. The van der Waals surface area contributed by atoms with Crippen LogP contribution in [0.25, 0.3) is 0 Å². The fourth-order valence-corrected chi connectivity index (χ4v) is 4.46. The minimum Gasteiger partial charge on any atom is -0.326 e. The standard InChI is InChI=1S/C21H20N4O3S/c26-20(19-8-3-6-15-5-1-2-7-18(15)19)24-16-9-11-17(12-10-16)29(27,28)25-21-22-13-4-14-23-21/h1-2,4-5,7,9-14,19H,3,6,8H2,(H,24,26)(H,22,23,25). The van der Waals surface area contributed by atoms with Crippen molar-refractivity contribution in [3.05, 3.63) is 78.1 Å². The molecule has 1 aliphatic carbocycles. The van der Waals surface area contributed by atoms with E-state index in [1.165, 1.54) is 30.1 Å². The van der Waals surface area contributed by atoms with Crippen LogP contribution < -0.4 is 10.0 Å². The van der Waals surface area contributed by atoms with Gasteiger partial charge < -0.3 is 5.32 Å².